The SMILES string of the molecule is CN1CCC(Oc2ccsc2Cc2nc3ccccc3[nH]2)CC1. The first kappa shape index (κ1) is 14.7. The van der Waals surface area contributed by atoms with Gasteiger partial charge in [-0.25, -0.2) is 4.98 Å². The van der Waals surface area contributed by atoms with Gasteiger partial charge in [-0.1, -0.05) is 12.1 Å². The Bertz CT molecular complexity index is 753. The van der Waals surface area contributed by atoms with Crippen molar-refractivity contribution in [3.05, 3.63) is 46.4 Å². The lowest BCUT2D eigenvalue weighted by molar-refractivity contribution is 0.114. The predicted octanol–water partition coefficient (Wildman–Crippen LogP) is 3.69. The summed E-state index contributed by atoms with van der Waals surface area (Å²) >= 11 is 1.75. The third kappa shape index (κ3) is 3.26. The second-order valence-electron chi connectivity index (χ2n) is 6.21. The molecule has 0 unspecified atom stereocenters. The molecule has 1 aliphatic heterocycles. The van der Waals surface area contributed by atoms with Crippen LogP contribution >= 0.6 is 11.3 Å². The molecule has 1 aliphatic rings. The minimum absolute atomic E-state index is 0.343. The molecule has 1 aromatic carbocycles. The smallest absolute Gasteiger partial charge is 0.134 e. The number of nitrogens with zero attached hydrogens (tertiary/aromatic N) is 2. The Hall–Kier alpha value is -1.85. The number of nitrogens with one attached hydrogen (secondary N) is 1. The van der Waals surface area contributed by atoms with Crippen LogP contribution in [-0.2, 0) is 6.42 Å². The Labute approximate surface area is 140 Å². The average Bonchev–Trinajstić information content (AvgIpc) is 3.16. The van der Waals surface area contributed by atoms with Crippen LogP contribution < -0.4 is 4.74 Å². The maximum Gasteiger partial charge on any atom is 0.134 e. The van der Waals surface area contributed by atoms with Gasteiger partial charge in [-0.15, -0.1) is 11.3 Å². The van der Waals surface area contributed by atoms with Crippen molar-refractivity contribution in [3.63, 3.8) is 0 Å². The standard InChI is InChI=1S/C18H21N3OS/c1-21-9-6-13(7-10-21)22-16-8-11-23-17(16)12-18-19-14-4-2-3-5-15(14)20-18/h2-5,8,11,13H,6-7,9-10,12H2,1H3,(H,19,20). The minimum atomic E-state index is 0.343. The van der Waals surface area contributed by atoms with E-state index in [1.54, 1.807) is 11.3 Å². The zero-order chi connectivity index (χ0) is 15.6. The second-order valence-corrected chi connectivity index (χ2v) is 7.21. The van der Waals surface area contributed by atoms with Crippen LogP contribution in [0, 0.1) is 0 Å². The molecule has 0 spiro atoms. The molecule has 120 valence electrons. The van der Waals surface area contributed by atoms with E-state index < -0.39 is 0 Å². The van der Waals surface area contributed by atoms with Crippen molar-refractivity contribution in [1.29, 1.82) is 0 Å². The monoisotopic (exact) mass is 327 g/mol. The zero-order valence-corrected chi connectivity index (χ0v) is 14.1. The Balaban J connectivity index is 1.48. The minimum Gasteiger partial charge on any atom is -0.489 e. The molecule has 1 fully saturated rings. The molecule has 5 heteroatoms. The molecule has 4 nitrogen and oxygen atoms in total. The van der Waals surface area contributed by atoms with Crippen LogP contribution in [0.1, 0.15) is 23.5 Å². The highest BCUT2D eigenvalue weighted by Gasteiger charge is 2.20. The fourth-order valence-electron chi connectivity index (χ4n) is 3.09. The van der Waals surface area contributed by atoms with Crippen LogP contribution in [0.5, 0.6) is 5.75 Å². The lowest BCUT2D eigenvalue weighted by Gasteiger charge is -2.29. The van der Waals surface area contributed by atoms with Crippen LogP contribution in [0.4, 0.5) is 0 Å². The van der Waals surface area contributed by atoms with Gasteiger partial charge in [0.25, 0.3) is 0 Å². The van der Waals surface area contributed by atoms with E-state index in [0.717, 1.165) is 55.0 Å². The van der Waals surface area contributed by atoms with Crippen molar-refractivity contribution < 1.29 is 4.74 Å². The summed E-state index contributed by atoms with van der Waals surface area (Å²) in [5, 5.41) is 2.11. The predicted molar refractivity (Wildman–Crippen MR) is 94.4 cm³/mol. The summed E-state index contributed by atoms with van der Waals surface area (Å²) < 4.78 is 6.26. The van der Waals surface area contributed by atoms with Gasteiger partial charge in [0.2, 0.25) is 0 Å². The number of H-pyrrole nitrogens is 1. The van der Waals surface area contributed by atoms with Crippen LogP contribution in [-0.4, -0.2) is 41.1 Å². The number of ether oxygens (including phenoxy) is 1. The van der Waals surface area contributed by atoms with Gasteiger partial charge in [-0.2, -0.15) is 0 Å². The van der Waals surface area contributed by atoms with Gasteiger partial charge in [0.05, 0.1) is 15.9 Å². The van der Waals surface area contributed by atoms with Crippen molar-refractivity contribution in [1.82, 2.24) is 14.9 Å². The largest absolute Gasteiger partial charge is 0.489 e. The summed E-state index contributed by atoms with van der Waals surface area (Å²) in [6.07, 6.45) is 3.36. The Kier molecular flexibility index (Phi) is 4.06. The van der Waals surface area contributed by atoms with Crippen molar-refractivity contribution >= 4 is 22.4 Å². The summed E-state index contributed by atoms with van der Waals surface area (Å²) in [5.74, 6) is 2.03. The second kappa shape index (κ2) is 6.34. The summed E-state index contributed by atoms with van der Waals surface area (Å²) in [6, 6.07) is 10.3. The van der Waals surface area contributed by atoms with E-state index in [-0.39, 0.29) is 0 Å². The van der Waals surface area contributed by atoms with Crippen molar-refractivity contribution in [3.8, 4) is 5.75 Å². The molecule has 1 saturated heterocycles. The summed E-state index contributed by atoms with van der Waals surface area (Å²) in [5.41, 5.74) is 2.12. The van der Waals surface area contributed by atoms with Gasteiger partial charge in [-0.3, -0.25) is 0 Å². The molecule has 0 bridgehead atoms. The van der Waals surface area contributed by atoms with E-state index in [0.29, 0.717) is 6.10 Å². The van der Waals surface area contributed by atoms with E-state index in [2.05, 4.69) is 39.4 Å². The number of piperidine rings is 1. The maximum atomic E-state index is 6.26. The zero-order valence-electron chi connectivity index (χ0n) is 13.3. The highest BCUT2D eigenvalue weighted by molar-refractivity contribution is 7.10. The van der Waals surface area contributed by atoms with Gasteiger partial charge >= 0.3 is 0 Å². The quantitative estimate of drug-likeness (QED) is 0.794. The Morgan fingerprint density at radius 2 is 2.09 bits per heavy atom. The van der Waals surface area contributed by atoms with E-state index in [1.807, 2.05) is 18.2 Å². The van der Waals surface area contributed by atoms with Crippen molar-refractivity contribution in [2.75, 3.05) is 20.1 Å². The topological polar surface area (TPSA) is 41.1 Å². The molecule has 2 aromatic heterocycles. The number of benzene rings is 1. The highest BCUT2D eigenvalue weighted by Crippen LogP contribution is 2.30. The number of para-hydroxylation sites is 2. The number of hydrogen-bond acceptors (Lipinski definition) is 4. The van der Waals surface area contributed by atoms with Crippen LogP contribution in [0.2, 0.25) is 0 Å². The number of thiophene rings is 1. The first-order valence-electron chi connectivity index (χ1n) is 8.13. The molecule has 0 amide bonds. The normalized spacial score (nSPS) is 16.9. The Morgan fingerprint density at radius 1 is 1.26 bits per heavy atom. The van der Waals surface area contributed by atoms with E-state index in [9.17, 15) is 0 Å². The Morgan fingerprint density at radius 3 is 2.91 bits per heavy atom. The van der Waals surface area contributed by atoms with E-state index >= 15 is 0 Å². The lowest BCUT2D eigenvalue weighted by atomic mass is 10.1. The summed E-state index contributed by atoms with van der Waals surface area (Å²) in [4.78, 5) is 11.7. The van der Waals surface area contributed by atoms with Gasteiger partial charge in [-0.05, 0) is 43.5 Å². The molecular weight excluding hydrogens is 306 g/mol. The summed E-state index contributed by atoms with van der Waals surface area (Å²) in [6.45, 7) is 2.24. The molecule has 3 aromatic rings. The van der Waals surface area contributed by atoms with Crippen LogP contribution in [0.3, 0.4) is 0 Å². The van der Waals surface area contributed by atoms with Crippen LogP contribution in [0.15, 0.2) is 35.7 Å². The molecule has 0 aliphatic carbocycles. The number of fused-ring (bicyclic) bond motifs is 1. The number of hydrogen-bond donors (Lipinski definition) is 1. The first-order valence-corrected chi connectivity index (χ1v) is 9.01. The molecule has 23 heavy (non-hydrogen) atoms. The van der Waals surface area contributed by atoms with Crippen molar-refractivity contribution in [2.45, 2.75) is 25.4 Å². The van der Waals surface area contributed by atoms with Gasteiger partial charge in [0, 0.05) is 19.5 Å². The fraction of sp³-hybridized carbons (Fsp3) is 0.389. The molecule has 3 heterocycles. The summed E-state index contributed by atoms with van der Waals surface area (Å²) in [7, 11) is 2.17. The van der Waals surface area contributed by atoms with Gasteiger partial charge in [0.1, 0.15) is 17.7 Å². The third-order valence-electron chi connectivity index (χ3n) is 4.43. The number of aromatic amines is 1. The van der Waals surface area contributed by atoms with E-state index in [4.69, 9.17) is 4.74 Å². The molecule has 0 radical (unpaired) electrons. The molecule has 0 atom stereocenters. The lowest BCUT2D eigenvalue weighted by Crippen LogP contribution is -2.35. The number of rotatable bonds is 4. The average molecular weight is 327 g/mol. The number of imidazole rings is 1. The fourth-order valence-corrected chi connectivity index (χ4v) is 3.89. The van der Waals surface area contributed by atoms with Crippen LogP contribution in [0.25, 0.3) is 11.0 Å². The van der Waals surface area contributed by atoms with Crippen molar-refractivity contribution in [2.24, 2.45) is 0 Å². The number of likely N-dealkylation sites (tertiary alicyclic amines) is 1. The van der Waals surface area contributed by atoms with E-state index in [1.165, 1.54) is 4.88 Å². The maximum absolute atomic E-state index is 6.26. The third-order valence-corrected chi connectivity index (χ3v) is 5.33. The van der Waals surface area contributed by atoms with Gasteiger partial charge in [0.15, 0.2) is 0 Å². The molecular formula is C18H21N3OS. The highest BCUT2D eigenvalue weighted by atomic mass is 32.1. The number of aromatic nitrogens is 2. The first-order chi connectivity index (χ1) is 11.3. The molecule has 4 rings (SSSR count). The van der Waals surface area contributed by atoms with Gasteiger partial charge < -0.3 is 14.6 Å². The molecule has 0 saturated carbocycles. The molecule has 1 N–H and O–H groups in total.